The summed E-state index contributed by atoms with van der Waals surface area (Å²) in [5.41, 5.74) is 4.96. The number of anilines is 2. The lowest BCUT2D eigenvalue weighted by Gasteiger charge is -2.36. The lowest BCUT2D eigenvalue weighted by atomic mass is 10.0. The Balaban J connectivity index is 1.25. The van der Waals surface area contributed by atoms with Gasteiger partial charge in [0.15, 0.2) is 11.0 Å². The molecule has 1 fully saturated rings. The molecule has 0 N–H and O–H groups in total. The van der Waals surface area contributed by atoms with Gasteiger partial charge in [0.1, 0.15) is 5.70 Å². The van der Waals surface area contributed by atoms with Gasteiger partial charge >= 0.3 is 0 Å². The van der Waals surface area contributed by atoms with Gasteiger partial charge in [-0.15, -0.1) is 0 Å². The Hall–Kier alpha value is -4.17. The highest BCUT2D eigenvalue weighted by Gasteiger charge is 2.33. The zero-order chi connectivity index (χ0) is 28.9. The van der Waals surface area contributed by atoms with Crippen molar-refractivity contribution in [2.75, 3.05) is 41.7 Å². The quantitative estimate of drug-likeness (QED) is 0.266. The summed E-state index contributed by atoms with van der Waals surface area (Å²) in [5.74, 6) is 0.486. The second kappa shape index (κ2) is 12.6. The van der Waals surface area contributed by atoms with E-state index in [1.54, 1.807) is 17.9 Å². The maximum absolute atomic E-state index is 13.5. The first-order chi connectivity index (χ1) is 19.8. The van der Waals surface area contributed by atoms with Crippen molar-refractivity contribution in [1.82, 2.24) is 4.90 Å². The molecule has 5 rings (SSSR count). The van der Waals surface area contributed by atoms with Crippen molar-refractivity contribution in [3.63, 3.8) is 0 Å². The van der Waals surface area contributed by atoms with E-state index in [-0.39, 0.29) is 23.4 Å². The van der Waals surface area contributed by atoms with E-state index in [9.17, 15) is 14.4 Å². The lowest BCUT2D eigenvalue weighted by Crippen LogP contribution is -2.49. The minimum atomic E-state index is -0.205. The molecule has 0 aliphatic carbocycles. The fourth-order valence-electron chi connectivity index (χ4n) is 4.87. The van der Waals surface area contributed by atoms with Gasteiger partial charge in [-0.25, -0.2) is 4.99 Å². The molecule has 7 nitrogen and oxygen atoms in total. The average Bonchev–Trinajstić information content (AvgIpc) is 3.31. The molecule has 1 saturated heterocycles. The van der Waals surface area contributed by atoms with E-state index in [2.05, 4.69) is 35.9 Å². The number of hydrogen-bond acceptors (Lipinski definition) is 6. The third-order valence-corrected chi connectivity index (χ3v) is 8.27. The fraction of sp³-hybridized carbons (Fsp3) is 0.273. The molecule has 2 amide bonds. The van der Waals surface area contributed by atoms with E-state index in [1.807, 2.05) is 71.6 Å². The second-order valence-electron chi connectivity index (χ2n) is 10.5. The van der Waals surface area contributed by atoms with Crippen LogP contribution in [0.1, 0.15) is 48.2 Å². The fourth-order valence-corrected chi connectivity index (χ4v) is 5.79. The topological polar surface area (TPSA) is 73.3 Å². The number of para-hydroxylation sites is 1. The van der Waals surface area contributed by atoms with Crippen LogP contribution in [-0.4, -0.2) is 59.6 Å². The second-order valence-corrected chi connectivity index (χ2v) is 11.4. The summed E-state index contributed by atoms with van der Waals surface area (Å²) in [6.45, 7) is 8.51. The number of amidine groups is 1. The number of benzene rings is 3. The zero-order valence-corrected chi connectivity index (χ0v) is 24.4. The van der Waals surface area contributed by atoms with Crippen LogP contribution in [0, 0.1) is 0 Å². The Morgan fingerprint density at radius 2 is 1.54 bits per heavy atom. The number of aliphatic imine (C=N–C) groups is 1. The van der Waals surface area contributed by atoms with Crippen LogP contribution in [0.4, 0.5) is 11.4 Å². The van der Waals surface area contributed by atoms with Crippen LogP contribution in [-0.2, 0) is 9.59 Å². The summed E-state index contributed by atoms with van der Waals surface area (Å²) in [6, 6.07) is 25.2. The molecular weight excluding hydrogens is 532 g/mol. The highest BCUT2D eigenvalue weighted by atomic mass is 32.2. The largest absolute Gasteiger partial charge is 0.368 e. The summed E-state index contributed by atoms with van der Waals surface area (Å²) in [5, 5.41) is 0.504. The maximum Gasteiger partial charge on any atom is 0.283 e. The number of hydrogen-bond donors (Lipinski definition) is 0. The van der Waals surface area contributed by atoms with Gasteiger partial charge in [-0.1, -0.05) is 68.1 Å². The Kier molecular flexibility index (Phi) is 8.69. The molecule has 2 heterocycles. The standard InChI is InChI=1S/C33H34N4O3S/c1-23(2)26-11-9-25(10-12-26)21-30-32(40)37(29-7-5-4-6-8-29)33(34-30)41-22-31(39)36-19-17-35(18-20-36)28-15-13-27(14-16-28)24(3)38/h4-16,21,23H,17-20,22H2,1-3H3. The van der Waals surface area contributed by atoms with Crippen LogP contribution in [0.2, 0.25) is 0 Å². The molecule has 0 radical (unpaired) electrons. The van der Waals surface area contributed by atoms with Crippen molar-refractivity contribution in [3.05, 3.63) is 101 Å². The summed E-state index contributed by atoms with van der Waals surface area (Å²) in [4.78, 5) is 48.6. The zero-order valence-electron chi connectivity index (χ0n) is 23.6. The molecule has 0 saturated carbocycles. The number of rotatable bonds is 7. The van der Waals surface area contributed by atoms with Crippen LogP contribution in [0.15, 0.2) is 89.6 Å². The van der Waals surface area contributed by atoms with E-state index in [1.165, 1.54) is 17.3 Å². The van der Waals surface area contributed by atoms with Crippen LogP contribution in [0.5, 0.6) is 0 Å². The number of ketones is 1. The van der Waals surface area contributed by atoms with Crippen molar-refractivity contribution in [2.45, 2.75) is 26.7 Å². The molecule has 3 aromatic rings. The number of amides is 2. The smallest absolute Gasteiger partial charge is 0.283 e. The van der Waals surface area contributed by atoms with Crippen molar-refractivity contribution in [2.24, 2.45) is 4.99 Å². The van der Waals surface area contributed by atoms with Gasteiger partial charge in [-0.3, -0.25) is 19.3 Å². The highest BCUT2D eigenvalue weighted by Crippen LogP contribution is 2.30. The lowest BCUT2D eigenvalue weighted by molar-refractivity contribution is -0.128. The molecule has 210 valence electrons. The molecule has 0 aromatic heterocycles. The first-order valence-electron chi connectivity index (χ1n) is 13.9. The monoisotopic (exact) mass is 566 g/mol. The number of carbonyl (C=O) groups excluding carboxylic acids is 3. The third-order valence-electron chi connectivity index (χ3n) is 7.35. The van der Waals surface area contributed by atoms with E-state index in [4.69, 9.17) is 0 Å². The normalized spacial score (nSPS) is 16.5. The summed E-state index contributed by atoms with van der Waals surface area (Å²) in [7, 11) is 0. The Morgan fingerprint density at radius 3 is 2.15 bits per heavy atom. The minimum Gasteiger partial charge on any atom is -0.368 e. The third kappa shape index (κ3) is 6.60. The predicted molar refractivity (Wildman–Crippen MR) is 168 cm³/mol. The van der Waals surface area contributed by atoms with Crippen LogP contribution in [0.25, 0.3) is 6.08 Å². The van der Waals surface area contributed by atoms with Crippen molar-refractivity contribution >= 4 is 52.0 Å². The maximum atomic E-state index is 13.5. The van der Waals surface area contributed by atoms with Crippen molar-refractivity contribution in [1.29, 1.82) is 0 Å². The number of thioether (sulfide) groups is 1. The van der Waals surface area contributed by atoms with Gasteiger partial charge in [0, 0.05) is 37.4 Å². The average molecular weight is 567 g/mol. The molecular formula is C33H34N4O3S. The Bertz CT molecular complexity index is 1470. The van der Waals surface area contributed by atoms with Crippen LogP contribution in [0.3, 0.4) is 0 Å². The van der Waals surface area contributed by atoms with E-state index in [0.717, 1.165) is 16.9 Å². The van der Waals surface area contributed by atoms with Gasteiger partial charge < -0.3 is 9.80 Å². The molecule has 0 bridgehead atoms. The Morgan fingerprint density at radius 1 is 0.878 bits per heavy atom. The molecule has 2 aliphatic heterocycles. The molecule has 8 heteroatoms. The molecule has 41 heavy (non-hydrogen) atoms. The van der Waals surface area contributed by atoms with Crippen molar-refractivity contribution in [3.8, 4) is 0 Å². The first-order valence-corrected chi connectivity index (χ1v) is 14.8. The molecule has 0 atom stereocenters. The SMILES string of the molecule is CC(=O)c1ccc(N2CCN(C(=O)CSC3=NC(=Cc4ccc(C(C)C)cc4)C(=O)N3c3ccccc3)CC2)cc1. The molecule has 2 aliphatic rings. The molecule has 0 spiro atoms. The summed E-state index contributed by atoms with van der Waals surface area (Å²) >= 11 is 1.29. The van der Waals surface area contributed by atoms with Crippen LogP contribution < -0.4 is 9.80 Å². The van der Waals surface area contributed by atoms with Gasteiger partial charge in [0.25, 0.3) is 5.91 Å². The highest BCUT2D eigenvalue weighted by molar-refractivity contribution is 8.14. The predicted octanol–water partition coefficient (Wildman–Crippen LogP) is 5.84. The number of piperazine rings is 1. The van der Waals surface area contributed by atoms with E-state index >= 15 is 0 Å². The van der Waals surface area contributed by atoms with Gasteiger partial charge in [-0.2, -0.15) is 0 Å². The van der Waals surface area contributed by atoms with Crippen molar-refractivity contribution < 1.29 is 14.4 Å². The Labute approximate surface area is 245 Å². The molecule has 0 unspecified atom stereocenters. The first kappa shape index (κ1) is 28.4. The minimum absolute atomic E-state index is 0.0199. The summed E-state index contributed by atoms with van der Waals surface area (Å²) < 4.78 is 0. The van der Waals surface area contributed by atoms with Gasteiger partial charge in [0.2, 0.25) is 5.91 Å². The van der Waals surface area contributed by atoms with Crippen LogP contribution >= 0.6 is 11.8 Å². The number of Topliss-reactive ketones (excluding diaryl/α,β-unsaturated/α-hetero) is 1. The molecule has 3 aromatic carbocycles. The number of carbonyl (C=O) groups is 3. The van der Waals surface area contributed by atoms with Gasteiger partial charge in [-0.05, 0) is 66.4 Å². The van der Waals surface area contributed by atoms with E-state index in [0.29, 0.717) is 48.5 Å². The van der Waals surface area contributed by atoms with E-state index < -0.39 is 0 Å². The van der Waals surface area contributed by atoms with Gasteiger partial charge in [0.05, 0.1) is 11.4 Å². The number of nitrogens with zero attached hydrogens (tertiary/aromatic N) is 4. The summed E-state index contributed by atoms with van der Waals surface area (Å²) in [6.07, 6.45) is 1.81.